The quantitative estimate of drug-likeness (QED) is 0.683. The van der Waals surface area contributed by atoms with Gasteiger partial charge in [-0.1, -0.05) is 45.0 Å². The lowest BCUT2D eigenvalue weighted by atomic mass is 9.62. The number of pyridine rings is 1. The van der Waals surface area contributed by atoms with E-state index in [0.29, 0.717) is 0 Å². The topological polar surface area (TPSA) is 42.3 Å². The molecule has 0 radical (unpaired) electrons. The van der Waals surface area contributed by atoms with Gasteiger partial charge in [0, 0.05) is 11.8 Å². The molecule has 0 amide bonds. The third kappa shape index (κ3) is 2.88. The summed E-state index contributed by atoms with van der Waals surface area (Å²) in [7, 11) is 0. The molecule has 1 heterocycles. The number of aromatic nitrogens is 1. The Balaban J connectivity index is 2.12. The van der Waals surface area contributed by atoms with Crippen LogP contribution in [-0.2, 0) is 17.4 Å². The molecule has 3 rings (SSSR count). The molecule has 0 aliphatic heterocycles. The van der Waals surface area contributed by atoms with Crippen molar-refractivity contribution in [1.82, 2.24) is 4.98 Å². The number of benzene rings is 1. The van der Waals surface area contributed by atoms with Gasteiger partial charge in [0.15, 0.2) is 0 Å². The summed E-state index contributed by atoms with van der Waals surface area (Å²) in [6.07, 6.45) is 4.18. The summed E-state index contributed by atoms with van der Waals surface area (Å²) in [4.78, 5) is 15.0. The summed E-state index contributed by atoms with van der Waals surface area (Å²) < 4.78 is 0. The Morgan fingerprint density at radius 2 is 1.67 bits per heavy atom. The first-order valence-electron chi connectivity index (χ1n) is 8.65. The van der Waals surface area contributed by atoms with Gasteiger partial charge in [-0.3, -0.25) is 4.98 Å². The van der Waals surface area contributed by atoms with Crippen LogP contribution < -0.4 is 0 Å². The lowest BCUT2D eigenvalue weighted by Crippen LogP contribution is -2.34. The van der Waals surface area contributed by atoms with E-state index in [-0.39, 0.29) is 17.4 Å². The first-order chi connectivity index (χ1) is 11.2. The van der Waals surface area contributed by atoms with Gasteiger partial charge in [0.1, 0.15) is 6.54 Å². The second kappa shape index (κ2) is 5.80. The van der Waals surface area contributed by atoms with E-state index in [4.69, 9.17) is 0 Å². The van der Waals surface area contributed by atoms with Crippen molar-refractivity contribution >= 4 is 0 Å². The van der Waals surface area contributed by atoms with Crippen LogP contribution in [0, 0.1) is 11.8 Å². The molecule has 0 N–H and O–H groups in total. The fraction of sp³-hybridized carbons (Fsp3) is 0.476. The van der Waals surface area contributed by atoms with E-state index < -0.39 is 0 Å². The zero-order valence-corrected chi connectivity index (χ0v) is 15.3. The predicted octanol–water partition coefficient (Wildman–Crippen LogP) is 5.67. The van der Waals surface area contributed by atoms with Crippen molar-refractivity contribution in [3.63, 3.8) is 0 Å². The monoisotopic (exact) mass is 322 g/mol. The van der Waals surface area contributed by atoms with Gasteiger partial charge in [-0.25, -0.2) is 0 Å². The number of fused-ring (bicyclic) bond motifs is 1. The smallest absolute Gasteiger partial charge is 0.108 e. The fourth-order valence-corrected chi connectivity index (χ4v) is 3.75. The molecule has 24 heavy (non-hydrogen) atoms. The molecule has 3 nitrogen and oxygen atoms in total. The summed E-state index contributed by atoms with van der Waals surface area (Å²) in [6.45, 7) is 11.7. The van der Waals surface area contributed by atoms with E-state index in [1.165, 1.54) is 35.1 Å². The van der Waals surface area contributed by atoms with Gasteiger partial charge in [-0.05, 0) is 65.0 Å². The number of rotatable bonds is 3. The molecule has 0 atom stereocenters. The van der Waals surface area contributed by atoms with Crippen LogP contribution in [0.25, 0.3) is 11.3 Å². The first kappa shape index (κ1) is 16.8. The van der Waals surface area contributed by atoms with Gasteiger partial charge in [-0.15, -0.1) is 0 Å². The molecule has 1 aromatic carbocycles. The van der Waals surface area contributed by atoms with Crippen molar-refractivity contribution in [2.75, 3.05) is 0 Å². The van der Waals surface area contributed by atoms with Crippen molar-refractivity contribution in [1.29, 1.82) is 0 Å². The molecule has 1 aliphatic carbocycles. The average Bonchev–Trinajstić information content (AvgIpc) is 2.53. The van der Waals surface area contributed by atoms with E-state index in [0.717, 1.165) is 11.3 Å². The number of nitroso groups, excluding NO2 is 1. The molecule has 0 spiro atoms. The Morgan fingerprint density at radius 1 is 1.04 bits per heavy atom. The Kier molecular flexibility index (Phi) is 4.06. The summed E-state index contributed by atoms with van der Waals surface area (Å²) in [5.41, 5.74) is 7.59. The predicted molar refractivity (Wildman–Crippen MR) is 99.2 cm³/mol. The highest BCUT2D eigenvalue weighted by molar-refractivity contribution is 5.67. The van der Waals surface area contributed by atoms with E-state index in [1.807, 2.05) is 12.1 Å². The SMILES string of the molecule is Cc1cc2c(cc1-c1ccc(CN=O)cn1)C(C)(C)CCC2(C)C. The van der Waals surface area contributed by atoms with Gasteiger partial charge in [0.25, 0.3) is 0 Å². The molecule has 1 aromatic heterocycles. The maximum absolute atomic E-state index is 10.4. The molecule has 0 saturated carbocycles. The van der Waals surface area contributed by atoms with E-state index >= 15 is 0 Å². The van der Waals surface area contributed by atoms with Crippen molar-refractivity contribution in [2.45, 2.75) is 64.8 Å². The highest BCUT2D eigenvalue weighted by atomic mass is 16.3. The summed E-state index contributed by atoms with van der Waals surface area (Å²) in [5.74, 6) is 0. The van der Waals surface area contributed by atoms with Crippen LogP contribution in [0.3, 0.4) is 0 Å². The van der Waals surface area contributed by atoms with Gasteiger partial charge < -0.3 is 0 Å². The van der Waals surface area contributed by atoms with Crippen LogP contribution in [0.5, 0.6) is 0 Å². The van der Waals surface area contributed by atoms with Crippen LogP contribution >= 0.6 is 0 Å². The number of nitrogens with zero attached hydrogens (tertiary/aromatic N) is 2. The molecule has 3 heteroatoms. The van der Waals surface area contributed by atoms with Crippen LogP contribution in [0.1, 0.15) is 62.8 Å². The lowest BCUT2D eigenvalue weighted by molar-refractivity contribution is 0.332. The fourth-order valence-electron chi connectivity index (χ4n) is 3.75. The highest BCUT2D eigenvalue weighted by Crippen LogP contribution is 2.47. The maximum Gasteiger partial charge on any atom is 0.108 e. The van der Waals surface area contributed by atoms with E-state index in [2.05, 4.69) is 56.9 Å². The highest BCUT2D eigenvalue weighted by Gasteiger charge is 2.37. The molecular weight excluding hydrogens is 296 g/mol. The molecular formula is C21H26N2O. The zero-order valence-electron chi connectivity index (χ0n) is 15.3. The molecule has 2 aromatic rings. The van der Waals surface area contributed by atoms with Gasteiger partial charge in [0.05, 0.1) is 5.69 Å². The molecule has 1 aliphatic rings. The van der Waals surface area contributed by atoms with Crippen molar-refractivity contribution in [3.05, 3.63) is 57.6 Å². The van der Waals surface area contributed by atoms with Crippen molar-refractivity contribution in [2.24, 2.45) is 5.18 Å². The second-order valence-electron chi connectivity index (χ2n) is 8.32. The minimum Gasteiger partial charge on any atom is -0.256 e. The molecule has 126 valence electrons. The minimum absolute atomic E-state index is 0.178. The van der Waals surface area contributed by atoms with Gasteiger partial charge in [0.2, 0.25) is 0 Å². The average molecular weight is 322 g/mol. The van der Waals surface area contributed by atoms with Crippen molar-refractivity contribution in [3.8, 4) is 11.3 Å². The van der Waals surface area contributed by atoms with Gasteiger partial charge in [-0.2, -0.15) is 4.91 Å². The lowest BCUT2D eigenvalue weighted by Gasteiger charge is -2.42. The Morgan fingerprint density at radius 3 is 2.21 bits per heavy atom. The molecule has 0 bridgehead atoms. The van der Waals surface area contributed by atoms with Crippen LogP contribution in [0.4, 0.5) is 0 Å². The normalized spacial score (nSPS) is 18.0. The third-order valence-electron chi connectivity index (χ3n) is 5.55. The van der Waals surface area contributed by atoms with Gasteiger partial charge >= 0.3 is 0 Å². The minimum atomic E-state index is 0.178. The second-order valence-corrected chi connectivity index (χ2v) is 8.32. The standard InChI is InChI=1S/C21H26N2O/c1-14-10-17-18(21(4,5)9-8-20(17,2)3)11-16(14)19-7-6-15(12-22-19)13-23-24/h6-7,10-12H,8-9,13H2,1-5H3. The number of aryl methyl sites for hydroxylation is 1. The third-order valence-corrected chi connectivity index (χ3v) is 5.55. The van der Waals surface area contributed by atoms with E-state index in [9.17, 15) is 4.91 Å². The number of hydrogen-bond donors (Lipinski definition) is 0. The zero-order chi connectivity index (χ0) is 17.5. The molecule has 0 fully saturated rings. The summed E-state index contributed by atoms with van der Waals surface area (Å²) >= 11 is 0. The summed E-state index contributed by atoms with van der Waals surface area (Å²) in [5, 5.41) is 2.93. The Labute approximate surface area is 144 Å². The van der Waals surface area contributed by atoms with Crippen LogP contribution in [0.2, 0.25) is 0 Å². The number of hydrogen-bond acceptors (Lipinski definition) is 3. The Hall–Kier alpha value is -2.03. The van der Waals surface area contributed by atoms with Crippen LogP contribution in [0.15, 0.2) is 35.6 Å². The largest absolute Gasteiger partial charge is 0.256 e. The molecule has 0 unspecified atom stereocenters. The van der Waals surface area contributed by atoms with Crippen molar-refractivity contribution < 1.29 is 0 Å². The maximum atomic E-state index is 10.4. The van der Waals surface area contributed by atoms with Crippen LogP contribution in [-0.4, -0.2) is 4.98 Å². The Bertz CT molecular complexity index is 773. The summed E-state index contributed by atoms with van der Waals surface area (Å²) in [6, 6.07) is 8.63. The van der Waals surface area contributed by atoms with E-state index in [1.54, 1.807) is 6.20 Å². The first-order valence-corrected chi connectivity index (χ1v) is 8.65. The molecule has 0 saturated heterocycles.